The van der Waals surface area contributed by atoms with E-state index in [1.54, 1.807) is 12.1 Å². The van der Waals surface area contributed by atoms with Gasteiger partial charge in [0.1, 0.15) is 19.3 Å². The number of hydrogen-bond donors (Lipinski definition) is 5. The molecule has 5 N–H and O–H groups in total. The quantitative estimate of drug-likeness (QED) is 0.0367. The van der Waals surface area contributed by atoms with Crippen molar-refractivity contribution in [2.24, 2.45) is 0 Å². The zero-order chi connectivity index (χ0) is 51.8. The molecule has 2 aromatic rings. The molecule has 1 unspecified atom stereocenters. The number of rotatable bonds is 48. The molecule has 19 nitrogen and oxygen atoms in total. The van der Waals surface area contributed by atoms with E-state index in [0.717, 1.165) is 49.7 Å². The van der Waals surface area contributed by atoms with Crippen molar-refractivity contribution >= 4 is 35.8 Å². The fourth-order valence-corrected chi connectivity index (χ4v) is 6.85. The first-order chi connectivity index (χ1) is 35.2. The molecule has 0 heterocycles. The maximum Gasteiger partial charge on any atom is 0.408 e. The van der Waals surface area contributed by atoms with Gasteiger partial charge in [0.05, 0.1) is 79.3 Å². The van der Waals surface area contributed by atoms with E-state index in [2.05, 4.69) is 21.3 Å². The number of carbonyl (C=O) groups excluding carboxylic acids is 5. The Balaban J connectivity index is 1.22. The number of carbonyl (C=O) groups is 6. The average molecular weight is 1020 g/mol. The SMILES string of the molecule is O=C(CCCCCCCCCCCCC(=O)OCc1ccccc1)NCCOCCOCCOCCC(=O)NCCOCCOCCOCCC(=O)NCCCCC(NC(=O)OCc1ccccc1)C(=O)O. The van der Waals surface area contributed by atoms with Gasteiger partial charge in [0.25, 0.3) is 0 Å². The van der Waals surface area contributed by atoms with Crippen LogP contribution in [0.1, 0.15) is 120 Å². The molecule has 0 bridgehead atoms. The molecule has 1 atom stereocenters. The topological polar surface area (TPSA) is 245 Å². The third-order valence-electron chi connectivity index (χ3n) is 10.9. The molecule has 406 valence electrons. The van der Waals surface area contributed by atoms with E-state index in [1.807, 2.05) is 48.5 Å². The number of aliphatic carboxylic acids is 1. The molecular weight excluding hydrogens is 933 g/mol. The number of amides is 4. The molecule has 0 spiro atoms. The number of alkyl carbamates (subject to hydrolysis) is 1. The van der Waals surface area contributed by atoms with Gasteiger partial charge in [-0.25, -0.2) is 9.59 Å². The van der Waals surface area contributed by atoms with Gasteiger partial charge in [-0.05, 0) is 43.2 Å². The summed E-state index contributed by atoms with van der Waals surface area (Å²) in [5.41, 5.74) is 1.80. The molecule has 19 heteroatoms. The van der Waals surface area contributed by atoms with Crippen molar-refractivity contribution < 1.29 is 71.8 Å². The number of carboxylic acids is 1. The minimum atomic E-state index is -1.15. The molecular formula is C53H84N4O15. The first kappa shape index (κ1) is 62.9. The van der Waals surface area contributed by atoms with Gasteiger partial charge >= 0.3 is 18.0 Å². The molecule has 72 heavy (non-hydrogen) atoms. The standard InChI is InChI=1S/C53H84N4O15/c58-48(24-15-7-5-3-1-2-4-6-8-16-25-51(61)71-43-45-19-11-9-12-20-45)55-29-33-67-37-41-70-40-36-66-32-27-50(60)56-30-34-68-38-42-69-39-35-65-31-26-49(59)54-28-18-17-23-47(52(62)63)57-53(64)72-44-46-21-13-10-14-22-46/h9-14,19-22,47H,1-8,15-18,23-44H2,(H,54,59)(H,55,58)(H,56,60)(H,57,64)(H,62,63). The highest BCUT2D eigenvalue weighted by atomic mass is 16.6. The number of hydrogen-bond acceptors (Lipinski definition) is 14. The van der Waals surface area contributed by atoms with Crippen LogP contribution in [0, 0.1) is 0 Å². The van der Waals surface area contributed by atoms with Crippen LogP contribution in [0.4, 0.5) is 4.79 Å². The number of esters is 1. The van der Waals surface area contributed by atoms with E-state index in [1.165, 1.54) is 25.7 Å². The van der Waals surface area contributed by atoms with E-state index in [9.17, 15) is 33.9 Å². The van der Waals surface area contributed by atoms with E-state index < -0.39 is 18.1 Å². The predicted octanol–water partition coefficient (Wildman–Crippen LogP) is 6.19. The highest BCUT2D eigenvalue weighted by Gasteiger charge is 2.20. The van der Waals surface area contributed by atoms with Crippen LogP contribution in [0.5, 0.6) is 0 Å². The van der Waals surface area contributed by atoms with E-state index in [0.29, 0.717) is 118 Å². The summed E-state index contributed by atoms with van der Waals surface area (Å²) in [6, 6.07) is 17.7. The highest BCUT2D eigenvalue weighted by Crippen LogP contribution is 2.13. The van der Waals surface area contributed by atoms with Gasteiger partial charge in [-0.3, -0.25) is 19.2 Å². The molecule has 0 radical (unpaired) electrons. The van der Waals surface area contributed by atoms with Crippen LogP contribution in [-0.4, -0.2) is 146 Å². The summed E-state index contributed by atoms with van der Waals surface area (Å²) in [4.78, 5) is 71.6. The number of nitrogens with one attached hydrogen (secondary N) is 4. The van der Waals surface area contributed by atoms with Gasteiger partial charge in [-0.15, -0.1) is 0 Å². The Kier molecular flexibility index (Phi) is 39.9. The van der Waals surface area contributed by atoms with Gasteiger partial charge < -0.3 is 64.3 Å². The van der Waals surface area contributed by atoms with Crippen LogP contribution in [0.2, 0.25) is 0 Å². The largest absolute Gasteiger partial charge is 0.480 e. The summed E-state index contributed by atoms with van der Waals surface area (Å²) in [6.07, 6.45) is 12.8. The number of unbranched alkanes of at least 4 members (excludes halogenated alkanes) is 10. The second-order valence-electron chi connectivity index (χ2n) is 17.0. The van der Waals surface area contributed by atoms with Crippen LogP contribution >= 0.6 is 0 Å². The molecule has 0 saturated carbocycles. The van der Waals surface area contributed by atoms with Gasteiger partial charge in [0.2, 0.25) is 17.7 Å². The first-order valence-corrected chi connectivity index (χ1v) is 25.9. The van der Waals surface area contributed by atoms with Gasteiger partial charge in [0, 0.05) is 45.3 Å². The zero-order valence-electron chi connectivity index (χ0n) is 42.6. The summed E-state index contributed by atoms with van der Waals surface area (Å²) < 4.78 is 43.3. The van der Waals surface area contributed by atoms with Crippen molar-refractivity contribution in [1.82, 2.24) is 21.3 Å². The Morgan fingerprint density at radius 3 is 1.26 bits per heavy atom. The average Bonchev–Trinajstić information content (AvgIpc) is 3.38. The van der Waals surface area contributed by atoms with Crippen molar-refractivity contribution in [3.8, 4) is 0 Å². The van der Waals surface area contributed by atoms with Crippen LogP contribution in [0.15, 0.2) is 60.7 Å². The Morgan fingerprint density at radius 1 is 0.403 bits per heavy atom. The Labute approximate surface area is 426 Å². The molecule has 0 saturated heterocycles. The van der Waals surface area contributed by atoms with Gasteiger partial charge in [-0.1, -0.05) is 112 Å². The molecule has 2 aromatic carbocycles. The number of ether oxygens (including phenoxy) is 8. The normalized spacial score (nSPS) is 11.4. The fraction of sp³-hybridized carbons (Fsp3) is 0.660. The third-order valence-corrected chi connectivity index (χ3v) is 10.9. The highest BCUT2D eigenvalue weighted by molar-refractivity contribution is 5.80. The smallest absolute Gasteiger partial charge is 0.408 e. The molecule has 0 fully saturated rings. The predicted molar refractivity (Wildman–Crippen MR) is 270 cm³/mol. The van der Waals surface area contributed by atoms with E-state index >= 15 is 0 Å². The second-order valence-corrected chi connectivity index (χ2v) is 17.0. The lowest BCUT2D eigenvalue weighted by Crippen LogP contribution is -2.41. The molecule has 4 amide bonds. The fourth-order valence-electron chi connectivity index (χ4n) is 6.85. The maximum atomic E-state index is 12.1. The number of benzene rings is 2. The Bertz CT molecular complexity index is 1690. The van der Waals surface area contributed by atoms with Crippen molar-refractivity contribution in [3.63, 3.8) is 0 Å². The lowest BCUT2D eigenvalue weighted by atomic mass is 10.1. The van der Waals surface area contributed by atoms with Crippen molar-refractivity contribution in [3.05, 3.63) is 71.8 Å². The first-order valence-electron chi connectivity index (χ1n) is 25.9. The minimum Gasteiger partial charge on any atom is -0.480 e. The van der Waals surface area contributed by atoms with E-state index in [4.69, 9.17) is 37.9 Å². The van der Waals surface area contributed by atoms with Crippen molar-refractivity contribution in [2.75, 3.05) is 98.9 Å². The molecule has 2 rings (SSSR count). The van der Waals surface area contributed by atoms with Crippen LogP contribution in [-0.2, 0) is 75.1 Å². The van der Waals surface area contributed by atoms with Gasteiger partial charge in [-0.2, -0.15) is 0 Å². The summed E-state index contributed by atoms with van der Waals surface area (Å²) >= 11 is 0. The lowest BCUT2D eigenvalue weighted by molar-refractivity contribution is -0.145. The third kappa shape index (κ3) is 39.4. The lowest BCUT2D eigenvalue weighted by Gasteiger charge is -2.14. The molecule has 0 aliphatic carbocycles. The van der Waals surface area contributed by atoms with Crippen molar-refractivity contribution in [2.45, 2.75) is 128 Å². The van der Waals surface area contributed by atoms with Crippen LogP contribution in [0.25, 0.3) is 0 Å². The van der Waals surface area contributed by atoms with E-state index in [-0.39, 0.29) is 62.8 Å². The van der Waals surface area contributed by atoms with Gasteiger partial charge in [0.15, 0.2) is 0 Å². The van der Waals surface area contributed by atoms with Crippen LogP contribution < -0.4 is 21.3 Å². The van der Waals surface area contributed by atoms with Crippen molar-refractivity contribution in [1.29, 1.82) is 0 Å². The number of carboxylic acid groups (broad SMARTS) is 1. The zero-order valence-corrected chi connectivity index (χ0v) is 42.6. The molecule has 0 aliphatic rings. The second kappa shape index (κ2) is 45.7. The Morgan fingerprint density at radius 2 is 0.792 bits per heavy atom. The van der Waals surface area contributed by atoms with Crippen LogP contribution in [0.3, 0.4) is 0 Å². The summed E-state index contributed by atoms with van der Waals surface area (Å²) in [7, 11) is 0. The minimum absolute atomic E-state index is 0.0399. The summed E-state index contributed by atoms with van der Waals surface area (Å²) in [5.74, 6) is -1.55. The molecule has 0 aromatic heterocycles. The molecule has 0 aliphatic heterocycles. The summed E-state index contributed by atoms with van der Waals surface area (Å²) in [6.45, 7) is 5.80. The summed E-state index contributed by atoms with van der Waals surface area (Å²) in [5, 5.41) is 20.2. The monoisotopic (exact) mass is 1020 g/mol. The Hall–Kier alpha value is -5.18. The maximum absolute atomic E-state index is 12.1.